The minimum Gasteiger partial charge on any atom is -0.494 e. The molecule has 1 saturated carbocycles. The van der Waals surface area contributed by atoms with Gasteiger partial charge in [0.2, 0.25) is 11.8 Å². The molecule has 0 radical (unpaired) electrons. The number of nitrogens with one attached hydrogen (secondary N) is 2. The molecule has 2 rings (SSSR count). The molecule has 1 atom stereocenters. The summed E-state index contributed by atoms with van der Waals surface area (Å²) < 4.78 is 5.22. The summed E-state index contributed by atoms with van der Waals surface area (Å²) >= 11 is 0. The highest BCUT2D eigenvalue weighted by molar-refractivity contribution is 5.99. The second-order valence-electron chi connectivity index (χ2n) is 5.61. The Kier molecular flexibility index (Phi) is 4.18. The molecule has 6 nitrogen and oxygen atoms in total. The molecular weight excluding hydrogens is 270 g/mol. The Morgan fingerprint density at radius 1 is 1.33 bits per heavy atom. The van der Waals surface area contributed by atoms with Gasteiger partial charge in [-0.1, -0.05) is 0 Å². The van der Waals surface area contributed by atoms with Gasteiger partial charge in [0.15, 0.2) is 0 Å². The quantitative estimate of drug-likeness (QED) is 0.770. The van der Waals surface area contributed by atoms with E-state index in [1.807, 2.05) is 0 Å². The van der Waals surface area contributed by atoms with E-state index in [9.17, 15) is 9.59 Å². The summed E-state index contributed by atoms with van der Waals surface area (Å²) in [6.45, 7) is 3.17. The zero-order valence-electron chi connectivity index (χ0n) is 12.5. The summed E-state index contributed by atoms with van der Waals surface area (Å²) in [5, 5.41) is 5.46. The average molecular weight is 291 g/mol. The van der Waals surface area contributed by atoms with Gasteiger partial charge >= 0.3 is 0 Å². The van der Waals surface area contributed by atoms with Crippen molar-refractivity contribution in [3.63, 3.8) is 0 Å². The van der Waals surface area contributed by atoms with Crippen LogP contribution < -0.4 is 21.1 Å². The summed E-state index contributed by atoms with van der Waals surface area (Å²) in [4.78, 5) is 23.3. The number of anilines is 2. The van der Waals surface area contributed by atoms with Crippen LogP contribution in [0.2, 0.25) is 0 Å². The second-order valence-corrected chi connectivity index (χ2v) is 5.61. The zero-order valence-corrected chi connectivity index (χ0v) is 12.5. The van der Waals surface area contributed by atoms with Crippen molar-refractivity contribution in [2.75, 3.05) is 17.7 Å². The van der Waals surface area contributed by atoms with Crippen molar-refractivity contribution in [1.82, 2.24) is 0 Å². The van der Waals surface area contributed by atoms with Gasteiger partial charge in [0.25, 0.3) is 0 Å². The first kappa shape index (κ1) is 15.3. The molecule has 0 aliphatic heterocycles. The van der Waals surface area contributed by atoms with Crippen molar-refractivity contribution in [1.29, 1.82) is 0 Å². The summed E-state index contributed by atoms with van der Waals surface area (Å²) in [5.74, 6) is 0.332. The van der Waals surface area contributed by atoms with E-state index >= 15 is 0 Å². The van der Waals surface area contributed by atoms with E-state index < -0.39 is 5.54 Å². The Morgan fingerprint density at radius 3 is 2.52 bits per heavy atom. The van der Waals surface area contributed by atoms with E-state index in [1.165, 1.54) is 14.0 Å². The summed E-state index contributed by atoms with van der Waals surface area (Å²) in [7, 11) is 1.50. The smallest absolute Gasteiger partial charge is 0.244 e. The third kappa shape index (κ3) is 3.52. The van der Waals surface area contributed by atoms with Crippen molar-refractivity contribution in [3.05, 3.63) is 18.2 Å². The van der Waals surface area contributed by atoms with Crippen LogP contribution in [-0.4, -0.2) is 24.5 Å². The van der Waals surface area contributed by atoms with E-state index in [2.05, 4.69) is 10.6 Å². The van der Waals surface area contributed by atoms with E-state index in [-0.39, 0.29) is 17.7 Å². The Balaban J connectivity index is 2.13. The van der Waals surface area contributed by atoms with Crippen molar-refractivity contribution in [2.45, 2.75) is 32.2 Å². The lowest BCUT2D eigenvalue weighted by Gasteiger charge is -2.23. The van der Waals surface area contributed by atoms with Crippen LogP contribution in [0.3, 0.4) is 0 Å². The molecule has 1 fully saturated rings. The first-order valence-corrected chi connectivity index (χ1v) is 6.90. The van der Waals surface area contributed by atoms with Crippen molar-refractivity contribution in [3.8, 4) is 5.75 Å². The largest absolute Gasteiger partial charge is 0.494 e. The third-order valence-electron chi connectivity index (χ3n) is 3.68. The number of methoxy groups -OCH3 is 1. The van der Waals surface area contributed by atoms with Gasteiger partial charge in [-0.2, -0.15) is 0 Å². The van der Waals surface area contributed by atoms with Gasteiger partial charge in [0, 0.05) is 18.7 Å². The standard InChI is InChI=1S/C15H21N3O3/c1-9(19)17-12-7-6-11(8-13(12)21-3)18-14(20)15(2,16)10-4-5-10/h6-8,10H,4-5,16H2,1-3H3,(H,17,19)(H,18,20). The van der Waals surface area contributed by atoms with Crippen LogP contribution in [0, 0.1) is 5.92 Å². The Hall–Kier alpha value is -2.08. The molecule has 114 valence electrons. The van der Waals surface area contributed by atoms with Gasteiger partial charge in [0.05, 0.1) is 18.3 Å². The molecule has 6 heteroatoms. The van der Waals surface area contributed by atoms with E-state index in [0.29, 0.717) is 17.1 Å². The predicted molar refractivity (Wildman–Crippen MR) is 81.2 cm³/mol. The van der Waals surface area contributed by atoms with Crippen LogP contribution in [0.1, 0.15) is 26.7 Å². The maximum absolute atomic E-state index is 12.2. The monoisotopic (exact) mass is 291 g/mol. The molecule has 1 aromatic rings. The van der Waals surface area contributed by atoms with Crippen LogP contribution in [0.5, 0.6) is 5.75 Å². The topological polar surface area (TPSA) is 93.4 Å². The van der Waals surface area contributed by atoms with Gasteiger partial charge in [-0.15, -0.1) is 0 Å². The van der Waals surface area contributed by atoms with Crippen LogP contribution in [0.15, 0.2) is 18.2 Å². The number of rotatable bonds is 5. The van der Waals surface area contributed by atoms with Crippen LogP contribution in [-0.2, 0) is 9.59 Å². The number of nitrogens with two attached hydrogens (primary N) is 1. The summed E-state index contributed by atoms with van der Waals surface area (Å²) in [5.41, 5.74) is 6.36. The van der Waals surface area contributed by atoms with Gasteiger partial charge in [-0.05, 0) is 37.8 Å². The Morgan fingerprint density at radius 2 is 2.00 bits per heavy atom. The van der Waals surface area contributed by atoms with Crippen LogP contribution in [0.25, 0.3) is 0 Å². The predicted octanol–water partition coefficient (Wildman–Crippen LogP) is 1.72. The van der Waals surface area contributed by atoms with E-state index in [4.69, 9.17) is 10.5 Å². The number of hydrogen-bond acceptors (Lipinski definition) is 4. The normalized spacial score (nSPS) is 16.8. The summed E-state index contributed by atoms with van der Waals surface area (Å²) in [6, 6.07) is 5.04. The number of benzene rings is 1. The highest BCUT2D eigenvalue weighted by Gasteiger charge is 2.44. The van der Waals surface area contributed by atoms with Crippen molar-refractivity contribution < 1.29 is 14.3 Å². The number of amides is 2. The first-order chi connectivity index (χ1) is 9.84. The van der Waals surface area contributed by atoms with Crippen LogP contribution in [0.4, 0.5) is 11.4 Å². The molecule has 2 amide bonds. The number of hydrogen-bond donors (Lipinski definition) is 3. The van der Waals surface area contributed by atoms with Gasteiger partial charge in [0.1, 0.15) is 5.75 Å². The maximum atomic E-state index is 12.2. The zero-order chi connectivity index (χ0) is 15.6. The minimum atomic E-state index is -0.858. The van der Waals surface area contributed by atoms with Crippen molar-refractivity contribution >= 4 is 23.2 Å². The first-order valence-electron chi connectivity index (χ1n) is 6.90. The second kappa shape index (κ2) is 5.73. The molecule has 1 aromatic carbocycles. The average Bonchev–Trinajstić information content (AvgIpc) is 3.24. The fraction of sp³-hybridized carbons (Fsp3) is 0.467. The lowest BCUT2D eigenvalue weighted by molar-refractivity contribution is -0.121. The molecule has 1 aliphatic rings. The van der Waals surface area contributed by atoms with E-state index in [1.54, 1.807) is 25.1 Å². The number of carbonyl (C=O) groups is 2. The van der Waals surface area contributed by atoms with E-state index in [0.717, 1.165) is 12.8 Å². The van der Waals surface area contributed by atoms with Gasteiger partial charge in [-0.25, -0.2) is 0 Å². The maximum Gasteiger partial charge on any atom is 0.244 e. The molecule has 21 heavy (non-hydrogen) atoms. The fourth-order valence-electron chi connectivity index (χ4n) is 2.20. The lowest BCUT2D eigenvalue weighted by atomic mass is 9.96. The molecular formula is C15H21N3O3. The number of ether oxygens (including phenoxy) is 1. The molecule has 1 unspecified atom stereocenters. The summed E-state index contributed by atoms with van der Waals surface area (Å²) in [6.07, 6.45) is 1.98. The third-order valence-corrected chi connectivity index (χ3v) is 3.68. The Bertz CT molecular complexity index is 565. The molecule has 0 heterocycles. The van der Waals surface area contributed by atoms with Crippen LogP contribution >= 0.6 is 0 Å². The molecule has 0 aromatic heterocycles. The molecule has 4 N–H and O–H groups in total. The van der Waals surface area contributed by atoms with Gasteiger partial charge < -0.3 is 21.1 Å². The Labute approximate surface area is 124 Å². The van der Waals surface area contributed by atoms with Crippen molar-refractivity contribution in [2.24, 2.45) is 11.7 Å². The molecule has 1 aliphatic carbocycles. The molecule has 0 saturated heterocycles. The fourth-order valence-corrected chi connectivity index (χ4v) is 2.20. The SMILES string of the molecule is COc1cc(NC(=O)C(C)(N)C2CC2)ccc1NC(C)=O. The lowest BCUT2D eigenvalue weighted by Crippen LogP contribution is -2.50. The highest BCUT2D eigenvalue weighted by Crippen LogP contribution is 2.38. The van der Waals surface area contributed by atoms with Gasteiger partial charge in [-0.3, -0.25) is 9.59 Å². The molecule has 0 spiro atoms. The minimum absolute atomic E-state index is 0.187. The highest BCUT2D eigenvalue weighted by atomic mass is 16.5. The molecule has 0 bridgehead atoms. The number of carbonyl (C=O) groups excluding carboxylic acids is 2.